The number of rotatable bonds is 4. The molecule has 3 rings (SSSR count). The molecule has 1 aromatic heterocycles. The van der Waals surface area contributed by atoms with Crippen LogP contribution in [0.3, 0.4) is 0 Å². The molecule has 0 unspecified atom stereocenters. The number of aliphatic carboxylic acids is 2. The van der Waals surface area contributed by atoms with Crippen LogP contribution in [0.5, 0.6) is 0 Å². The van der Waals surface area contributed by atoms with Gasteiger partial charge in [0.1, 0.15) is 0 Å². The number of fused-ring (bicyclic) bond motifs is 1. The molecular formula is C17H22F6N4O5. The van der Waals surface area contributed by atoms with Gasteiger partial charge in [-0.1, -0.05) is 0 Å². The standard InChI is InChI=1S/C13H20N4O.2C2HF3O2/c1-18-6-5-16-7-11-9-17(10-12(11)8-16)13-14-3-2-4-15-13;2*3-2(4,5)1(6)7/h2-4,11-12H,5-10H2,1H3;2*(H,6,7)/t11-,12+;;. The van der Waals surface area contributed by atoms with E-state index in [1.807, 2.05) is 18.5 Å². The van der Waals surface area contributed by atoms with Gasteiger partial charge in [-0.2, -0.15) is 26.3 Å². The molecule has 0 bridgehead atoms. The van der Waals surface area contributed by atoms with Crippen molar-refractivity contribution in [2.24, 2.45) is 11.8 Å². The number of nitrogens with zero attached hydrogens (tertiary/aromatic N) is 4. The number of alkyl halides is 6. The van der Waals surface area contributed by atoms with Crippen LogP contribution < -0.4 is 4.90 Å². The Morgan fingerprint density at radius 2 is 1.38 bits per heavy atom. The van der Waals surface area contributed by atoms with Crippen LogP contribution in [0.4, 0.5) is 32.3 Å². The Hall–Kier alpha value is -2.68. The van der Waals surface area contributed by atoms with Crippen LogP contribution in [-0.4, -0.2) is 95.8 Å². The summed E-state index contributed by atoms with van der Waals surface area (Å²) >= 11 is 0. The average Bonchev–Trinajstić information content (AvgIpc) is 3.25. The van der Waals surface area contributed by atoms with E-state index < -0.39 is 24.3 Å². The summed E-state index contributed by atoms with van der Waals surface area (Å²) in [6, 6.07) is 1.87. The molecule has 2 aliphatic heterocycles. The second kappa shape index (κ2) is 11.8. The van der Waals surface area contributed by atoms with Gasteiger partial charge >= 0.3 is 24.3 Å². The van der Waals surface area contributed by atoms with Crippen molar-refractivity contribution >= 4 is 17.9 Å². The number of hydrogen-bond acceptors (Lipinski definition) is 7. The molecule has 0 saturated carbocycles. The fourth-order valence-electron chi connectivity index (χ4n) is 3.11. The minimum atomic E-state index is -5.08. The first-order chi connectivity index (χ1) is 14.8. The lowest BCUT2D eigenvalue weighted by Gasteiger charge is -2.21. The molecule has 182 valence electrons. The van der Waals surface area contributed by atoms with Crippen molar-refractivity contribution in [1.29, 1.82) is 0 Å². The highest BCUT2D eigenvalue weighted by molar-refractivity contribution is 5.73. The molecule has 0 amide bonds. The number of ether oxygens (including phenoxy) is 1. The van der Waals surface area contributed by atoms with Gasteiger partial charge in [0, 0.05) is 52.2 Å². The number of hydrogen-bond donors (Lipinski definition) is 2. The van der Waals surface area contributed by atoms with Crippen LogP contribution in [0, 0.1) is 11.8 Å². The van der Waals surface area contributed by atoms with Gasteiger partial charge in [0.25, 0.3) is 0 Å². The first kappa shape index (κ1) is 27.4. The van der Waals surface area contributed by atoms with E-state index in [1.54, 1.807) is 7.11 Å². The first-order valence-corrected chi connectivity index (χ1v) is 9.09. The highest BCUT2D eigenvalue weighted by atomic mass is 19.4. The Morgan fingerprint density at radius 3 is 1.72 bits per heavy atom. The summed E-state index contributed by atoms with van der Waals surface area (Å²) in [6.07, 6.45) is -6.53. The van der Waals surface area contributed by atoms with Crippen molar-refractivity contribution in [3.63, 3.8) is 0 Å². The molecule has 2 atom stereocenters. The Bertz CT molecular complexity index is 696. The molecule has 0 radical (unpaired) electrons. The summed E-state index contributed by atoms with van der Waals surface area (Å²) in [6.45, 7) is 6.47. The van der Waals surface area contributed by atoms with Gasteiger partial charge < -0.3 is 24.7 Å². The largest absolute Gasteiger partial charge is 0.490 e. The molecule has 9 nitrogen and oxygen atoms in total. The normalized spacial score (nSPS) is 20.5. The average molecular weight is 476 g/mol. The smallest absolute Gasteiger partial charge is 0.475 e. The van der Waals surface area contributed by atoms with Crippen LogP contribution in [0.2, 0.25) is 0 Å². The van der Waals surface area contributed by atoms with E-state index in [0.29, 0.717) is 0 Å². The maximum atomic E-state index is 10.6. The number of carbonyl (C=O) groups is 2. The minimum absolute atomic E-state index is 0.769. The Balaban J connectivity index is 0.000000305. The summed E-state index contributed by atoms with van der Waals surface area (Å²) in [4.78, 5) is 31.3. The third-order valence-corrected chi connectivity index (χ3v) is 4.49. The fourth-order valence-corrected chi connectivity index (χ4v) is 3.11. The van der Waals surface area contributed by atoms with E-state index in [-0.39, 0.29) is 0 Å². The van der Waals surface area contributed by atoms with E-state index in [1.165, 1.54) is 13.1 Å². The molecule has 3 heterocycles. The van der Waals surface area contributed by atoms with Gasteiger partial charge in [-0.3, -0.25) is 0 Å². The summed E-state index contributed by atoms with van der Waals surface area (Å²) in [5.74, 6) is -3.09. The SMILES string of the molecule is COCCN1C[C@@H]2CN(c3ncccn3)C[C@@H]2C1.O=C(O)C(F)(F)F.O=C(O)C(F)(F)F. The summed E-state index contributed by atoms with van der Waals surface area (Å²) < 4.78 is 68.6. The predicted octanol–water partition coefficient (Wildman–Crippen LogP) is 1.76. The quantitative estimate of drug-likeness (QED) is 0.627. The van der Waals surface area contributed by atoms with E-state index in [2.05, 4.69) is 19.8 Å². The van der Waals surface area contributed by atoms with Crippen LogP contribution in [0.15, 0.2) is 18.5 Å². The van der Waals surface area contributed by atoms with E-state index in [0.717, 1.165) is 44.0 Å². The van der Waals surface area contributed by atoms with Crippen LogP contribution in [0.25, 0.3) is 0 Å². The monoisotopic (exact) mass is 476 g/mol. The van der Waals surface area contributed by atoms with Crippen LogP contribution >= 0.6 is 0 Å². The zero-order valence-electron chi connectivity index (χ0n) is 16.8. The molecule has 32 heavy (non-hydrogen) atoms. The Morgan fingerprint density at radius 1 is 0.969 bits per heavy atom. The van der Waals surface area contributed by atoms with Gasteiger partial charge in [0.15, 0.2) is 0 Å². The zero-order chi connectivity index (χ0) is 24.5. The predicted molar refractivity (Wildman–Crippen MR) is 96.9 cm³/mol. The maximum absolute atomic E-state index is 10.6. The third-order valence-electron chi connectivity index (χ3n) is 4.49. The van der Waals surface area contributed by atoms with Gasteiger partial charge in [0.05, 0.1) is 6.61 Å². The third kappa shape index (κ3) is 9.21. The number of carboxylic acids is 2. The maximum Gasteiger partial charge on any atom is 0.490 e. The lowest BCUT2D eigenvalue weighted by Crippen LogP contribution is -2.31. The van der Waals surface area contributed by atoms with Crippen molar-refractivity contribution in [2.45, 2.75) is 12.4 Å². The van der Waals surface area contributed by atoms with Crippen molar-refractivity contribution in [3.05, 3.63) is 18.5 Å². The van der Waals surface area contributed by atoms with Gasteiger partial charge in [-0.05, 0) is 17.9 Å². The van der Waals surface area contributed by atoms with Gasteiger partial charge in [-0.25, -0.2) is 19.6 Å². The molecule has 2 aliphatic rings. The number of aromatic nitrogens is 2. The van der Waals surface area contributed by atoms with Crippen LogP contribution in [-0.2, 0) is 14.3 Å². The second-order valence-corrected chi connectivity index (χ2v) is 6.83. The topological polar surface area (TPSA) is 116 Å². The molecular weight excluding hydrogens is 454 g/mol. The highest BCUT2D eigenvalue weighted by Crippen LogP contribution is 2.32. The molecule has 0 aliphatic carbocycles. The van der Waals surface area contributed by atoms with Crippen molar-refractivity contribution in [1.82, 2.24) is 14.9 Å². The van der Waals surface area contributed by atoms with Crippen molar-refractivity contribution in [3.8, 4) is 0 Å². The molecule has 0 aromatic carbocycles. The molecule has 2 saturated heterocycles. The van der Waals surface area contributed by atoms with Crippen molar-refractivity contribution in [2.75, 3.05) is 51.3 Å². The number of carboxylic acid groups (broad SMARTS) is 2. The molecule has 2 N–H and O–H groups in total. The molecule has 2 fully saturated rings. The number of likely N-dealkylation sites (tertiary alicyclic amines) is 1. The molecule has 15 heteroatoms. The zero-order valence-corrected chi connectivity index (χ0v) is 16.8. The summed E-state index contributed by atoms with van der Waals surface area (Å²) in [5.41, 5.74) is 0. The summed E-state index contributed by atoms with van der Waals surface area (Å²) in [7, 11) is 1.77. The minimum Gasteiger partial charge on any atom is -0.475 e. The molecule has 0 spiro atoms. The lowest BCUT2D eigenvalue weighted by atomic mass is 10.0. The number of anilines is 1. The number of methoxy groups -OCH3 is 1. The Labute approximate surface area is 178 Å². The lowest BCUT2D eigenvalue weighted by molar-refractivity contribution is -0.193. The number of halogens is 6. The van der Waals surface area contributed by atoms with Crippen LogP contribution in [0.1, 0.15) is 0 Å². The van der Waals surface area contributed by atoms with Gasteiger partial charge in [-0.15, -0.1) is 0 Å². The summed E-state index contributed by atoms with van der Waals surface area (Å²) in [5, 5.41) is 14.2. The highest BCUT2D eigenvalue weighted by Gasteiger charge is 2.40. The second-order valence-electron chi connectivity index (χ2n) is 6.83. The van der Waals surface area contributed by atoms with Crippen molar-refractivity contribution < 1.29 is 50.9 Å². The fraction of sp³-hybridized carbons (Fsp3) is 0.647. The van der Waals surface area contributed by atoms with E-state index >= 15 is 0 Å². The van der Waals surface area contributed by atoms with E-state index in [9.17, 15) is 26.3 Å². The molecule has 1 aromatic rings. The Kier molecular flexibility index (Phi) is 10.1. The van der Waals surface area contributed by atoms with E-state index in [4.69, 9.17) is 24.5 Å². The first-order valence-electron chi connectivity index (χ1n) is 9.09. The van der Waals surface area contributed by atoms with Gasteiger partial charge in [0.2, 0.25) is 5.95 Å².